The van der Waals surface area contributed by atoms with Crippen LogP contribution < -0.4 is 0 Å². The first-order chi connectivity index (χ1) is 5.19. The third-order valence-corrected chi connectivity index (χ3v) is 6.35. The first-order valence-corrected chi connectivity index (χ1v) is 6.84. The van der Waals surface area contributed by atoms with Gasteiger partial charge in [-0.3, -0.25) is 0 Å². The van der Waals surface area contributed by atoms with Crippen molar-refractivity contribution in [3.8, 4) is 0 Å². The Bertz CT molecular complexity index is 125. The van der Waals surface area contributed by atoms with E-state index in [2.05, 4.69) is 0 Å². The van der Waals surface area contributed by atoms with E-state index in [9.17, 15) is 0 Å². The van der Waals surface area contributed by atoms with Crippen molar-refractivity contribution in [1.82, 2.24) is 0 Å². The SMILES string of the molecule is CCO[SiH](C(Cl)(Cl)Cl)C(Cl)(Cl)Cl. The highest BCUT2D eigenvalue weighted by Gasteiger charge is 2.49. The van der Waals surface area contributed by atoms with Gasteiger partial charge in [-0.15, -0.1) is 0 Å². The van der Waals surface area contributed by atoms with Crippen LogP contribution in [-0.4, -0.2) is 22.5 Å². The highest BCUT2D eigenvalue weighted by molar-refractivity contribution is 7.05. The lowest BCUT2D eigenvalue weighted by Gasteiger charge is -2.27. The Balaban J connectivity index is 4.45. The minimum atomic E-state index is -2.52. The van der Waals surface area contributed by atoms with Gasteiger partial charge in [0, 0.05) is 6.61 Å². The Morgan fingerprint density at radius 2 is 1.33 bits per heavy atom. The fourth-order valence-corrected chi connectivity index (χ4v) is 7.21. The third kappa shape index (κ3) is 4.96. The number of halogens is 6. The van der Waals surface area contributed by atoms with E-state index < -0.39 is 15.9 Å². The van der Waals surface area contributed by atoms with E-state index in [-0.39, 0.29) is 0 Å². The normalized spacial score (nSPS) is 14.0. The molecule has 0 aromatic rings. The zero-order chi connectivity index (χ0) is 9.99. The molecule has 0 atom stereocenters. The average molecular weight is 311 g/mol. The van der Waals surface area contributed by atoms with Crippen LogP contribution in [0, 0.1) is 0 Å². The maximum Gasteiger partial charge on any atom is 0.287 e. The van der Waals surface area contributed by atoms with Gasteiger partial charge in [-0.1, -0.05) is 69.6 Å². The smallest absolute Gasteiger partial charge is 0.287 e. The minimum absolute atomic E-state index is 0.360. The van der Waals surface area contributed by atoms with E-state index >= 15 is 0 Å². The van der Waals surface area contributed by atoms with Crippen molar-refractivity contribution in [1.29, 1.82) is 0 Å². The van der Waals surface area contributed by atoms with Gasteiger partial charge in [-0.05, 0) is 6.92 Å². The largest absolute Gasteiger partial charge is 0.411 e. The Morgan fingerprint density at radius 3 is 1.42 bits per heavy atom. The first kappa shape index (κ1) is 13.9. The molecular weight excluding hydrogens is 305 g/mol. The second-order valence-electron chi connectivity index (χ2n) is 1.92. The van der Waals surface area contributed by atoms with Gasteiger partial charge in [0.2, 0.25) is 6.83 Å². The number of rotatable bonds is 2. The van der Waals surface area contributed by atoms with Gasteiger partial charge in [-0.2, -0.15) is 0 Å². The monoisotopic (exact) mass is 308 g/mol. The molecule has 0 radical (unpaired) electrons. The van der Waals surface area contributed by atoms with Crippen LogP contribution >= 0.6 is 69.6 Å². The minimum Gasteiger partial charge on any atom is -0.411 e. The topological polar surface area (TPSA) is 9.23 Å². The summed E-state index contributed by atoms with van der Waals surface area (Å²) in [6.07, 6.45) is 0. The lowest BCUT2D eigenvalue weighted by Crippen LogP contribution is -2.46. The molecule has 0 rings (SSSR count). The molecule has 0 aliphatic rings. The molecule has 0 amide bonds. The molecule has 0 aromatic carbocycles. The Labute approximate surface area is 103 Å². The van der Waals surface area contributed by atoms with Crippen molar-refractivity contribution >= 4 is 78.6 Å². The molecule has 0 aliphatic carbocycles. The molecule has 0 saturated heterocycles. The predicted molar refractivity (Wildman–Crippen MR) is 59.4 cm³/mol. The summed E-state index contributed by atoms with van der Waals surface area (Å²) < 4.78 is 1.90. The molecule has 0 spiro atoms. The van der Waals surface area contributed by atoms with Crippen LogP contribution in [0.5, 0.6) is 0 Å². The van der Waals surface area contributed by atoms with Crippen molar-refractivity contribution in [2.75, 3.05) is 6.61 Å². The number of alkyl halides is 6. The van der Waals surface area contributed by atoms with Crippen LogP contribution in [0.3, 0.4) is 0 Å². The molecule has 0 aromatic heterocycles. The molecule has 0 fully saturated rings. The van der Waals surface area contributed by atoms with E-state index in [1.165, 1.54) is 0 Å². The van der Waals surface area contributed by atoms with E-state index in [0.29, 0.717) is 6.61 Å². The molecule has 8 heteroatoms. The molecule has 1 nitrogen and oxygen atoms in total. The number of hydrogen-bond donors (Lipinski definition) is 0. The van der Waals surface area contributed by atoms with Crippen molar-refractivity contribution in [2.45, 2.75) is 13.8 Å². The molecular formula is C4H6Cl6OSi. The van der Waals surface area contributed by atoms with Gasteiger partial charge < -0.3 is 4.43 Å². The highest BCUT2D eigenvalue weighted by atomic mass is 35.6. The molecule has 0 N–H and O–H groups in total. The lowest BCUT2D eigenvalue weighted by atomic mass is 10.9. The van der Waals surface area contributed by atoms with Crippen LogP contribution in [0.1, 0.15) is 6.92 Å². The second-order valence-corrected chi connectivity index (χ2v) is 11.7. The summed E-state index contributed by atoms with van der Waals surface area (Å²) in [6, 6.07) is 0. The van der Waals surface area contributed by atoms with Gasteiger partial charge in [0.05, 0.1) is 0 Å². The zero-order valence-electron chi connectivity index (χ0n) is 5.96. The van der Waals surface area contributed by atoms with Crippen molar-refractivity contribution < 1.29 is 4.43 Å². The third-order valence-electron chi connectivity index (χ3n) is 0.928. The first-order valence-electron chi connectivity index (χ1n) is 2.94. The lowest BCUT2D eigenvalue weighted by molar-refractivity contribution is 0.342. The standard InChI is InChI=1S/C4H6Cl6OSi/c1-2-11-12(3(5,6)7)4(8,9)10/h12H,2H2,1H3. The van der Waals surface area contributed by atoms with Crippen molar-refractivity contribution in [3.05, 3.63) is 0 Å². The summed E-state index contributed by atoms with van der Waals surface area (Å²) in [5.41, 5.74) is 0. The molecule has 0 bridgehead atoms. The molecule has 0 heterocycles. The van der Waals surface area contributed by atoms with Gasteiger partial charge >= 0.3 is 0 Å². The zero-order valence-corrected chi connectivity index (χ0v) is 11.7. The molecule has 0 unspecified atom stereocenters. The van der Waals surface area contributed by atoms with Crippen LogP contribution in [0.2, 0.25) is 0 Å². The number of hydrogen-bond acceptors (Lipinski definition) is 1. The maximum absolute atomic E-state index is 5.58. The van der Waals surface area contributed by atoms with Gasteiger partial charge in [0.1, 0.15) is 0 Å². The van der Waals surface area contributed by atoms with Crippen LogP contribution in [0.25, 0.3) is 0 Å². The second kappa shape index (κ2) is 5.13. The summed E-state index contributed by atoms with van der Waals surface area (Å²) in [7, 11) is -2.52. The van der Waals surface area contributed by atoms with E-state index in [1.54, 1.807) is 6.92 Å². The fourth-order valence-electron chi connectivity index (χ4n) is 0.541. The fraction of sp³-hybridized carbons (Fsp3) is 1.00. The molecule has 0 aliphatic heterocycles. The van der Waals surface area contributed by atoms with Gasteiger partial charge in [-0.25, -0.2) is 0 Å². The van der Waals surface area contributed by atoms with Gasteiger partial charge in [0.15, 0.2) is 0 Å². The molecule has 74 valence electrons. The summed E-state index contributed by atoms with van der Waals surface area (Å²) >= 11 is 33.5. The summed E-state index contributed by atoms with van der Waals surface area (Å²) in [4.78, 5) is 0. The van der Waals surface area contributed by atoms with Crippen LogP contribution in [0.4, 0.5) is 0 Å². The summed E-state index contributed by atoms with van der Waals surface area (Å²) in [5, 5.41) is 0. The van der Waals surface area contributed by atoms with Gasteiger partial charge in [0.25, 0.3) is 9.04 Å². The quantitative estimate of drug-likeness (QED) is 0.560. The summed E-state index contributed by atoms with van der Waals surface area (Å²) in [5.74, 6) is 0. The van der Waals surface area contributed by atoms with E-state index in [4.69, 9.17) is 74.0 Å². The van der Waals surface area contributed by atoms with Crippen LogP contribution in [0.15, 0.2) is 0 Å². The van der Waals surface area contributed by atoms with E-state index in [0.717, 1.165) is 0 Å². The predicted octanol–water partition coefficient (Wildman–Crippen LogP) is 3.57. The molecule has 12 heavy (non-hydrogen) atoms. The van der Waals surface area contributed by atoms with E-state index in [1.807, 2.05) is 0 Å². The summed E-state index contributed by atoms with van der Waals surface area (Å²) in [6.45, 7) is 2.10. The Kier molecular flexibility index (Phi) is 5.94. The maximum atomic E-state index is 5.58. The van der Waals surface area contributed by atoms with Crippen molar-refractivity contribution in [3.63, 3.8) is 0 Å². The molecule has 0 saturated carbocycles. The Morgan fingerprint density at radius 1 is 1.00 bits per heavy atom. The highest BCUT2D eigenvalue weighted by Crippen LogP contribution is 2.42. The van der Waals surface area contributed by atoms with Crippen molar-refractivity contribution in [2.24, 2.45) is 0 Å². The Hall–Kier alpha value is 1.92. The van der Waals surface area contributed by atoms with Crippen LogP contribution in [-0.2, 0) is 4.43 Å². The average Bonchev–Trinajstić information content (AvgIpc) is 1.77.